The van der Waals surface area contributed by atoms with Gasteiger partial charge in [-0.3, -0.25) is 4.79 Å². The van der Waals surface area contributed by atoms with Crippen LogP contribution in [0.25, 0.3) is 5.69 Å². The van der Waals surface area contributed by atoms with E-state index in [2.05, 4.69) is 26.3 Å². The quantitative estimate of drug-likeness (QED) is 0.609. The summed E-state index contributed by atoms with van der Waals surface area (Å²) in [5.41, 5.74) is 2.33. The minimum atomic E-state index is -3.75. The first-order chi connectivity index (χ1) is 13.3. The van der Waals surface area contributed by atoms with Gasteiger partial charge >= 0.3 is 0 Å². The maximum atomic E-state index is 12.6. The van der Waals surface area contributed by atoms with Crippen LogP contribution in [0, 0.1) is 6.92 Å². The molecule has 0 unspecified atom stereocenters. The summed E-state index contributed by atoms with van der Waals surface area (Å²) in [6, 6.07) is 15.3. The van der Waals surface area contributed by atoms with Gasteiger partial charge in [-0.2, -0.15) is 9.40 Å². The lowest BCUT2D eigenvalue weighted by atomic mass is 10.2. The predicted octanol–water partition coefficient (Wildman–Crippen LogP) is 3.20. The van der Waals surface area contributed by atoms with Crippen LogP contribution in [0.3, 0.4) is 0 Å². The van der Waals surface area contributed by atoms with Crippen LogP contribution in [0.15, 0.2) is 70.2 Å². The van der Waals surface area contributed by atoms with Crippen LogP contribution >= 0.6 is 15.9 Å². The molecule has 9 heteroatoms. The summed E-state index contributed by atoms with van der Waals surface area (Å²) in [5, 5.41) is 6.97. The van der Waals surface area contributed by atoms with Gasteiger partial charge in [0.05, 0.1) is 17.1 Å². The van der Waals surface area contributed by atoms with Crippen molar-refractivity contribution < 1.29 is 13.2 Å². The van der Waals surface area contributed by atoms with Crippen molar-refractivity contribution in [2.24, 2.45) is 0 Å². The van der Waals surface area contributed by atoms with E-state index in [1.165, 1.54) is 19.2 Å². The molecule has 0 aliphatic carbocycles. The van der Waals surface area contributed by atoms with Crippen LogP contribution < -0.4 is 5.32 Å². The van der Waals surface area contributed by atoms with Gasteiger partial charge in [0, 0.05) is 29.1 Å². The van der Waals surface area contributed by atoms with Crippen LogP contribution in [0.1, 0.15) is 5.69 Å². The van der Waals surface area contributed by atoms with Crippen LogP contribution in [0.4, 0.5) is 5.69 Å². The molecule has 28 heavy (non-hydrogen) atoms. The zero-order valence-electron chi connectivity index (χ0n) is 15.3. The summed E-state index contributed by atoms with van der Waals surface area (Å²) in [7, 11) is -2.38. The summed E-state index contributed by atoms with van der Waals surface area (Å²) in [5.74, 6) is -0.433. The van der Waals surface area contributed by atoms with E-state index in [4.69, 9.17) is 0 Å². The Kier molecular flexibility index (Phi) is 5.97. The van der Waals surface area contributed by atoms with Crippen molar-refractivity contribution in [3.05, 3.63) is 71.0 Å². The molecule has 1 amide bonds. The summed E-state index contributed by atoms with van der Waals surface area (Å²) in [6.07, 6.45) is 1.70. The monoisotopic (exact) mass is 462 g/mol. The molecule has 0 fully saturated rings. The molecule has 0 saturated carbocycles. The number of carbonyl (C=O) groups excluding carboxylic acids is 1. The predicted molar refractivity (Wildman–Crippen MR) is 111 cm³/mol. The summed E-state index contributed by atoms with van der Waals surface area (Å²) < 4.78 is 28.7. The molecule has 0 aliphatic heterocycles. The third kappa shape index (κ3) is 4.49. The van der Waals surface area contributed by atoms with Crippen LogP contribution in [0.2, 0.25) is 0 Å². The highest BCUT2D eigenvalue weighted by atomic mass is 79.9. The van der Waals surface area contributed by atoms with Gasteiger partial charge in [-0.1, -0.05) is 22.0 Å². The second kappa shape index (κ2) is 8.26. The van der Waals surface area contributed by atoms with E-state index in [0.717, 1.165) is 20.2 Å². The second-order valence-electron chi connectivity index (χ2n) is 6.20. The fourth-order valence-electron chi connectivity index (χ4n) is 2.63. The first-order valence-electron chi connectivity index (χ1n) is 8.40. The topological polar surface area (TPSA) is 84.3 Å². The Labute approximate surface area is 172 Å². The van der Waals surface area contributed by atoms with E-state index in [1.54, 1.807) is 41.2 Å². The highest BCUT2D eigenvalue weighted by Gasteiger charge is 2.23. The Morgan fingerprint density at radius 3 is 2.54 bits per heavy atom. The Morgan fingerprint density at radius 1 is 1.18 bits per heavy atom. The van der Waals surface area contributed by atoms with Gasteiger partial charge in [0.2, 0.25) is 15.9 Å². The molecule has 146 valence electrons. The van der Waals surface area contributed by atoms with E-state index < -0.39 is 15.9 Å². The molecule has 0 saturated heterocycles. The van der Waals surface area contributed by atoms with Crippen LogP contribution in [0.5, 0.6) is 0 Å². The number of aromatic nitrogens is 2. The minimum Gasteiger partial charge on any atom is -0.325 e. The Balaban J connectivity index is 1.70. The normalized spacial score (nSPS) is 11.6. The van der Waals surface area contributed by atoms with Gasteiger partial charge in [-0.15, -0.1) is 0 Å². The number of carbonyl (C=O) groups is 1. The zero-order chi connectivity index (χ0) is 20.3. The van der Waals surface area contributed by atoms with Gasteiger partial charge in [0.15, 0.2) is 0 Å². The number of nitrogens with zero attached hydrogens (tertiary/aromatic N) is 3. The third-order valence-corrected chi connectivity index (χ3v) is 6.44. The number of rotatable bonds is 6. The Hall–Kier alpha value is -2.49. The highest BCUT2D eigenvalue weighted by molar-refractivity contribution is 9.10. The van der Waals surface area contributed by atoms with Crippen molar-refractivity contribution in [3.63, 3.8) is 0 Å². The number of benzene rings is 2. The molecule has 0 bridgehead atoms. The fraction of sp³-hybridized carbons (Fsp3) is 0.158. The van der Waals surface area contributed by atoms with Crippen LogP contribution in [-0.2, 0) is 14.8 Å². The molecular weight excluding hydrogens is 444 g/mol. The Morgan fingerprint density at radius 2 is 1.89 bits per heavy atom. The van der Waals surface area contributed by atoms with E-state index in [9.17, 15) is 13.2 Å². The van der Waals surface area contributed by atoms with Gasteiger partial charge < -0.3 is 5.32 Å². The summed E-state index contributed by atoms with van der Waals surface area (Å²) in [6.45, 7) is 1.63. The van der Waals surface area contributed by atoms with Crippen molar-refractivity contribution in [2.45, 2.75) is 11.8 Å². The van der Waals surface area contributed by atoms with Gasteiger partial charge in [0.1, 0.15) is 0 Å². The summed E-state index contributed by atoms with van der Waals surface area (Å²) >= 11 is 3.27. The summed E-state index contributed by atoms with van der Waals surface area (Å²) in [4.78, 5) is 12.5. The smallest absolute Gasteiger partial charge is 0.243 e. The molecule has 3 rings (SSSR count). The number of hydrogen-bond acceptors (Lipinski definition) is 4. The van der Waals surface area contributed by atoms with E-state index in [-0.39, 0.29) is 11.4 Å². The molecule has 0 spiro atoms. The zero-order valence-corrected chi connectivity index (χ0v) is 17.7. The highest BCUT2D eigenvalue weighted by Crippen LogP contribution is 2.19. The average molecular weight is 463 g/mol. The number of nitrogens with one attached hydrogen (secondary N) is 1. The maximum Gasteiger partial charge on any atom is 0.243 e. The molecule has 1 heterocycles. The van der Waals surface area contributed by atoms with E-state index >= 15 is 0 Å². The number of hydrogen-bond donors (Lipinski definition) is 1. The molecule has 0 aliphatic rings. The average Bonchev–Trinajstić information content (AvgIpc) is 3.08. The molecule has 2 aromatic carbocycles. The standard InChI is InChI=1S/C19H19BrN4O3S/c1-14-10-11-21-24(14)17-5-3-4-16(12-17)22-19(25)13-23(2)28(26,27)18-8-6-15(20)7-9-18/h3-12H,13H2,1-2H3,(H,22,25). The third-order valence-electron chi connectivity index (χ3n) is 4.09. The number of anilines is 1. The first kappa shape index (κ1) is 20.2. The minimum absolute atomic E-state index is 0.127. The number of halogens is 1. The molecule has 0 radical (unpaired) electrons. The van der Waals surface area contributed by atoms with Crippen molar-refractivity contribution in [2.75, 3.05) is 18.9 Å². The van der Waals surface area contributed by atoms with Crippen molar-refractivity contribution in [1.82, 2.24) is 14.1 Å². The van der Waals surface area contributed by atoms with E-state index in [1.807, 2.05) is 19.1 Å². The largest absolute Gasteiger partial charge is 0.325 e. The lowest BCUT2D eigenvalue weighted by Crippen LogP contribution is -2.34. The molecule has 7 nitrogen and oxygen atoms in total. The number of likely N-dealkylation sites (N-methyl/N-ethyl adjacent to an activating group) is 1. The SMILES string of the molecule is Cc1ccnn1-c1cccc(NC(=O)CN(C)S(=O)(=O)c2ccc(Br)cc2)c1. The first-order valence-corrected chi connectivity index (χ1v) is 10.6. The maximum absolute atomic E-state index is 12.6. The Bertz CT molecular complexity index is 1090. The number of aryl methyl sites for hydroxylation is 1. The molecule has 1 N–H and O–H groups in total. The number of sulfonamides is 1. The lowest BCUT2D eigenvalue weighted by molar-refractivity contribution is -0.116. The van der Waals surface area contributed by atoms with Gasteiger partial charge in [-0.25, -0.2) is 13.1 Å². The van der Waals surface area contributed by atoms with Gasteiger partial charge in [0.25, 0.3) is 0 Å². The molecule has 1 aromatic heterocycles. The molecule has 0 atom stereocenters. The van der Waals surface area contributed by atoms with Crippen molar-refractivity contribution in [1.29, 1.82) is 0 Å². The van der Waals surface area contributed by atoms with E-state index in [0.29, 0.717) is 5.69 Å². The fourth-order valence-corrected chi connectivity index (χ4v) is 4.02. The number of amides is 1. The lowest BCUT2D eigenvalue weighted by Gasteiger charge is -2.17. The van der Waals surface area contributed by atoms with Gasteiger partial charge in [-0.05, 0) is 55.5 Å². The molecular formula is C19H19BrN4O3S. The second-order valence-corrected chi connectivity index (χ2v) is 9.16. The molecule has 3 aromatic rings. The van der Waals surface area contributed by atoms with Crippen LogP contribution in [-0.4, -0.2) is 42.0 Å². The van der Waals surface area contributed by atoms with Crippen molar-refractivity contribution in [3.8, 4) is 5.69 Å². The van der Waals surface area contributed by atoms with Crippen molar-refractivity contribution >= 4 is 37.5 Å².